The van der Waals surface area contributed by atoms with Gasteiger partial charge in [0.15, 0.2) is 0 Å². The molecule has 1 saturated heterocycles. The number of carbonyl (C=O) groups excluding carboxylic acids is 1. The predicted molar refractivity (Wildman–Crippen MR) is 89.5 cm³/mol. The van der Waals surface area contributed by atoms with E-state index >= 15 is 0 Å². The lowest BCUT2D eigenvalue weighted by Crippen LogP contribution is -2.46. The van der Waals surface area contributed by atoms with Gasteiger partial charge in [0.25, 0.3) is 0 Å². The number of hydrogen-bond donors (Lipinski definition) is 3. The number of aliphatic hydroxyl groups excluding tert-OH is 1. The van der Waals surface area contributed by atoms with Crippen LogP contribution in [0.15, 0.2) is 18.2 Å². The van der Waals surface area contributed by atoms with Gasteiger partial charge < -0.3 is 30.0 Å². The first kappa shape index (κ1) is 18.4. The van der Waals surface area contributed by atoms with Gasteiger partial charge in [-0.15, -0.1) is 0 Å². The fourth-order valence-corrected chi connectivity index (χ4v) is 2.75. The van der Waals surface area contributed by atoms with Gasteiger partial charge in [-0.25, -0.2) is 4.79 Å². The number of benzene rings is 1. The minimum absolute atomic E-state index is 0.0548. The summed E-state index contributed by atoms with van der Waals surface area (Å²) in [5.41, 5.74) is 0.560. The molecule has 1 heterocycles. The third-order valence-electron chi connectivity index (χ3n) is 4.13. The molecule has 3 atom stereocenters. The molecular formula is C17H26N2O5. The van der Waals surface area contributed by atoms with E-state index in [1.807, 2.05) is 6.92 Å². The van der Waals surface area contributed by atoms with E-state index < -0.39 is 6.10 Å². The molecule has 1 aliphatic rings. The van der Waals surface area contributed by atoms with Crippen LogP contribution >= 0.6 is 0 Å². The minimum Gasteiger partial charge on any atom is -0.497 e. The van der Waals surface area contributed by atoms with Crippen LogP contribution in [-0.2, 0) is 4.74 Å². The normalized spacial score (nSPS) is 19.4. The summed E-state index contributed by atoms with van der Waals surface area (Å²) in [5, 5.41) is 15.9. The van der Waals surface area contributed by atoms with Gasteiger partial charge in [-0.3, -0.25) is 0 Å². The molecule has 0 radical (unpaired) electrons. The molecule has 1 aromatic rings. The van der Waals surface area contributed by atoms with E-state index in [9.17, 15) is 9.90 Å². The molecule has 2 amide bonds. The first-order valence-corrected chi connectivity index (χ1v) is 8.11. The molecular weight excluding hydrogens is 312 g/mol. The number of hydrogen-bond acceptors (Lipinski definition) is 5. The maximum atomic E-state index is 12.0. The molecule has 3 N–H and O–H groups in total. The van der Waals surface area contributed by atoms with E-state index in [2.05, 4.69) is 10.6 Å². The van der Waals surface area contributed by atoms with Crippen molar-refractivity contribution in [1.82, 2.24) is 10.6 Å². The lowest BCUT2D eigenvalue weighted by molar-refractivity contribution is 0.0856. The second kappa shape index (κ2) is 8.75. The Labute approximate surface area is 142 Å². The Kier molecular flexibility index (Phi) is 6.69. The summed E-state index contributed by atoms with van der Waals surface area (Å²) in [6, 6.07) is 4.75. The van der Waals surface area contributed by atoms with Gasteiger partial charge in [-0.2, -0.15) is 0 Å². The number of urea groups is 1. The van der Waals surface area contributed by atoms with E-state index in [1.54, 1.807) is 25.3 Å². The van der Waals surface area contributed by atoms with Crippen molar-refractivity contribution in [1.29, 1.82) is 0 Å². The molecule has 0 bridgehead atoms. The van der Waals surface area contributed by atoms with Crippen molar-refractivity contribution < 1.29 is 24.1 Å². The third kappa shape index (κ3) is 4.75. The highest BCUT2D eigenvalue weighted by molar-refractivity contribution is 5.74. The highest BCUT2D eigenvalue weighted by atomic mass is 16.5. The maximum Gasteiger partial charge on any atom is 0.315 e. The average molecular weight is 338 g/mol. The molecule has 1 fully saturated rings. The number of aliphatic hydroxyl groups is 1. The van der Waals surface area contributed by atoms with Crippen molar-refractivity contribution in [2.75, 3.05) is 27.4 Å². The smallest absolute Gasteiger partial charge is 0.315 e. The van der Waals surface area contributed by atoms with Gasteiger partial charge in [-0.1, -0.05) is 0 Å². The zero-order chi connectivity index (χ0) is 17.5. The van der Waals surface area contributed by atoms with E-state index in [1.165, 1.54) is 7.11 Å². The molecule has 2 rings (SSSR count). The maximum absolute atomic E-state index is 12.0. The van der Waals surface area contributed by atoms with Gasteiger partial charge >= 0.3 is 6.03 Å². The third-order valence-corrected chi connectivity index (χ3v) is 4.13. The number of amides is 2. The van der Waals surface area contributed by atoms with E-state index in [0.717, 1.165) is 19.4 Å². The monoisotopic (exact) mass is 338 g/mol. The molecule has 7 nitrogen and oxygen atoms in total. The Hall–Kier alpha value is -1.99. The summed E-state index contributed by atoms with van der Waals surface area (Å²) in [5.74, 6) is 1.15. The van der Waals surface area contributed by atoms with Crippen LogP contribution < -0.4 is 20.1 Å². The Morgan fingerprint density at radius 3 is 2.83 bits per heavy atom. The van der Waals surface area contributed by atoms with Gasteiger partial charge in [0.1, 0.15) is 17.6 Å². The van der Waals surface area contributed by atoms with Gasteiger partial charge in [-0.05, 0) is 38.0 Å². The Bertz CT molecular complexity index is 546. The van der Waals surface area contributed by atoms with E-state index in [0.29, 0.717) is 17.1 Å². The summed E-state index contributed by atoms with van der Waals surface area (Å²) in [6.45, 7) is 2.72. The minimum atomic E-state index is -0.904. The SMILES string of the molecule is COc1ccc(OC)c([C@H](O)CNC(=O)N[C@@H](C)[C@H]2CCCO2)c1. The summed E-state index contributed by atoms with van der Waals surface area (Å²) < 4.78 is 15.9. The Morgan fingerprint density at radius 1 is 1.42 bits per heavy atom. The van der Waals surface area contributed by atoms with E-state index in [4.69, 9.17) is 14.2 Å². The molecule has 0 aromatic heterocycles. The number of ether oxygens (including phenoxy) is 3. The molecule has 0 spiro atoms. The zero-order valence-corrected chi connectivity index (χ0v) is 14.4. The summed E-state index contributed by atoms with van der Waals surface area (Å²) >= 11 is 0. The Morgan fingerprint density at radius 2 is 2.21 bits per heavy atom. The average Bonchev–Trinajstić information content (AvgIpc) is 3.13. The van der Waals surface area contributed by atoms with Crippen molar-refractivity contribution in [3.05, 3.63) is 23.8 Å². The summed E-state index contributed by atoms with van der Waals surface area (Å²) in [4.78, 5) is 12.0. The number of rotatable bonds is 7. The van der Waals surface area contributed by atoms with Crippen molar-refractivity contribution >= 4 is 6.03 Å². The van der Waals surface area contributed by atoms with Crippen LogP contribution in [0, 0.1) is 0 Å². The topological polar surface area (TPSA) is 89.0 Å². The molecule has 0 saturated carbocycles. The molecule has 0 aliphatic carbocycles. The number of methoxy groups -OCH3 is 2. The van der Waals surface area contributed by atoms with Crippen molar-refractivity contribution in [3.8, 4) is 11.5 Å². The zero-order valence-electron chi connectivity index (χ0n) is 14.4. The highest BCUT2D eigenvalue weighted by Gasteiger charge is 2.24. The first-order valence-electron chi connectivity index (χ1n) is 8.11. The lowest BCUT2D eigenvalue weighted by atomic mass is 10.1. The number of carbonyl (C=O) groups is 1. The van der Waals surface area contributed by atoms with E-state index in [-0.39, 0.29) is 24.7 Å². The quantitative estimate of drug-likeness (QED) is 0.703. The standard InChI is InChI=1S/C17H26N2O5/c1-11(15-5-4-8-24-15)19-17(21)18-10-14(20)13-9-12(22-2)6-7-16(13)23-3/h6-7,9,11,14-15,20H,4-5,8,10H2,1-3H3,(H2,18,19,21)/t11-,14+,15+/m0/s1. The first-order chi connectivity index (χ1) is 11.5. The fraction of sp³-hybridized carbons (Fsp3) is 0.588. The van der Waals surface area contributed by atoms with Crippen molar-refractivity contribution in [2.24, 2.45) is 0 Å². The molecule has 1 aliphatic heterocycles. The van der Waals surface area contributed by atoms with Crippen LogP contribution in [0.4, 0.5) is 4.79 Å². The molecule has 0 unspecified atom stereocenters. The van der Waals surface area contributed by atoms with Crippen LogP contribution in [0.5, 0.6) is 11.5 Å². The highest BCUT2D eigenvalue weighted by Crippen LogP contribution is 2.29. The fourth-order valence-electron chi connectivity index (χ4n) is 2.75. The second-order valence-electron chi connectivity index (χ2n) is 5.82. The second-order valence-corrected chi connectivity index (χ2v) is 5.82. The van der Waals surface area contributed by atoms with Crippen LogP contribution in [-0.4, -0.2) is 50.7 Å². The predicted octanol–water partition coefficient (Wildman–Crippen LogP) is 1.60. The van der Waals surface area contributed by atoms with Gasteiger partial charge in [0, 0.05) is 18.7 Å². The van der Waals surface area contributed by atoms with Crippen molar-refractivity contribution in [2.45, 2.75) is 38.0 Å². The van der Waals surface area contributed by atoms with Crippen molar-refractivity contribution in [3.63, 3.8) is 0 Å². The number of nitrogens with one attached hydrogen (secondary N) is 2. The molecule has 1 aromatic carbocycles. The Balaban J connectivity index is 1.87. The molecule has 7 heteroatoms. The summed E-state index contributed by atoms with van der Waals surface area (Å²) in [6.07, 6.45) is 1.12. The van der Waals surface area contributed by atoms with Crippen LogP contribution in [0.2, 0.25) is 0 Å². The lowest BCUT2D eigenvalue weighted by Gasteiger charge is -2.21. The largest absolute Gasteiger partial charge is 0.497 e. The van der Waals surface area contributed by atoms with Crippen LogP contribution in [0.1, 0.15) is 31.4 Å². The van der Waals surface area contributed by atoms with Gasteiger partial charge in [0.2, 0.25) is 0 Å². The van der Waals surface area contributed by atoms with Gasteiger partial charge in [0.05, 0.1) is 26.4 Å². The molecule has 24 heavy (non-hydrogen) atoms. The van der Waals surface area contributed by atoms with Crippen LogP contribution in [0.25, 0.3) is 0 Å². The summed E-state index contributed by atoms with van der Waals surface area (Å²) in [7, 11) is 3.08. The van der Waals surface area contributed by atoms with Crippen LogP contribution in [0.3, 0.4) is 0 Å². The molecule has 134 valence electrons.